The second-order valence-corrected chi connectivity index (χ2v) is 9.34. The van der Waals surface area contributed by atoms with Gasteiger partial charge in [-0.1, -0.05) is 0 Å². The van der Waals surface area contributed by atoms with Crippen LogP contribution in [0, 0.1) is 0 Å². The summed E-state index contributed by atoms with van der Waals surface area (Å²) in [7, 11) is -3.39. The van der Waals surface area contributed by atoms with E-state index in [0.29, 0.717) is 36.9 Å². The molecule has 4 rings (SSSR count). The predicted octanol–water partition coefficient (Wildman–Crippen LogP) is 1.95. The molecule has 172 valence electrons. The highest BCUT2D eigenvalue weighted by molar-refractivity contribution is 7.88. The van der Waals surface area contributed by atoms with Crippen LogP contribution < -0.4 is 9.62 Å². The Morgan fingerprint density at radius 3 is 2.75 bits per heavy atom. The molecule has 1 N–H and O–H groups in total. The number of fused-ring (bicyclic) bond motifs is 1. The summed E-state index contributed by atoms with van der Waals surface area (Å²) in [6.07, 6.45) is 0.111. The second-order valence-electron chi connectivity index (χ2n) is 7.56. The van der Waals surface area contributed by atoms with Gasteiger partial charge in [0.25, 0.3) is 0 Å². The summed E-state index contributed by atoms with van der Waals surface area (Å²) in [5.74, 6) is 0.774. The predicted molar refractivity (Wildman–Crippen MR) is 111 cm³/mol. The molecule has 0 spiro atoms. The zero-order valence-corrected chi connectivity index (χ0v) is 18.1. The summed E-state index contributed by atoms with van der Waals surface area (Å²) in [6, 6.07) is 3.50. The molecule has 1 aliphatic heterocycles. The van der Waals surface area contributed by atoms with Gasteiger partial charge in [-0.3, -0.25) is 4.40 Å². The lowest BCUT2D eigenvalue weighted by Crippen LogP contribution is -2.52. The van der Waals surface area contributed by atoms with Crippen molar-refractivity contribution in [2.75, 3.05) is 30.9 Å². The molecule has 0 amide bonds. The van der Waals surface area contributed by atoms with E-state index in [1.165, 1.54) is 22.9 Å². The van der Waals surface area contributed by atoms with Crippen molar-refractivity contribution in [3.63, 3.8) is 0 Å². The van der Waals surface area contributed by atoms with Gasteiger partial charge in [0.05, 0.1) is 30.7 Å². The largest absolute Gasteiger partial charge is 0.417 e. The van der Waals surface area contributed by atoms with E-state index >= 15 is 0 Å². The lowest BCUT2D eigenvalue weighted by molar-refractivity contribution is -0.137. The first-order valence-electron chi connectivity index (χ1n) is 9.73. The summed E-state index contributed by atoms with van der Waals surface area (Å²) in [6.45, 7) is 2.98. The van der Waals surface area contributed by atoms with E-state index < -0.39 is 33.9 Å². The van der Waals surface area contributed by atoms with Gasteiger partial charge in [-0.2, -0.15) is 13.2 Å². The Labute approximate surface area is 182 Å². The number of hydrogen-bond donors (Lipinski definition) is 1. The number of alkyl halides is 3. The zero-order chi connectivity index (χ0) is 23.1. The number of halogens is 3. The van der Waals surface area contributed by atoms with Gasteiger partial charge in [0.1, 0.15) is 17.2 Å². The minimum Gasteiger partial charge on any atom is -0.373 e. The molecule has 1 fully saturated rings. The number of morpholine rings is 1. The third-order valence-corrected chi connectivity index (χ3v) is 5.88. The molecule has 1 saturated heterocycles. The van der Waals surface area contributed by atoms with Gasteiger partial charge in [-0.15, -0.1) is 0 Å². The number of rotatable bonds is 5. The number of aromatic nitrogens is 4. The van der Waals surface area contributed by atoms with Crippen molar-refractivity contribution in [2.24, 2.45) is 0 Å². The average molecular weight is 470 g/mol. The molecule has 2 atom stereocenters. The first-order chi connectivity index (χ1) is 15.0. The molecular formula is C19H21F3N6O3S. The molecule has 9 nitrogen and oxygen atoms in total. The summed E-state index contributed by atoms with van der Waals surface area (Å²) in [4.78, 5) is 14.8. The quantitative estimate of drug-likeness (QED) is 0.608. The summed E-state index contributed by atoms with van der Waals surface area (Å²) in [5, 5.41) is 0. The Hall–Kier alpha value is -2.77. The summed E-state index contributed by atoms with van der Waals surface area (Å²) >= 11 is 0. The van der Waals surface area contributed by atoms with Gasteiger partial charge < -0.3 is 9.64 Å². The molecule has 32 heavy (non-hydrogen) atoms. The number of hydrogen-bond acceptors (Lipinski definition) is 7. The van der Waals surface area contributed by atoms with E-state index in [1.807, 2.05) is 4.90 Å². The van der Waals surface area contributed by atoms with Gasteiger partial charge in [0.15, 0.2) is 5.82 Å². The first-order valence-corrected chi connectivity index (χ1v) is 11.6. The molecular weight excluding hydrogens is 449 g/mol. The number of pyridine rings is 1. The van der Waals surface area contributed by atoms with Crippen LogP contribution >= 0.6 is 0 Å². The van der Waals surface area contributed by atoms with E-state index in [9.17, 15) is 21.6 Å². The number of nitrogens with zero attached hydrogens (tertiary/aromatic N) is 5. The van der Waals surface area contributed by atoms with Crippen LogP contribution in [0.25, 0.3) is 17.2 Å². The van der Waals surface area contributed by atoms with Crippen molar-refractivity contribution >= 4 is 21.5 Å². The third-order valence-electron chi connectivity index (χ3n) is 5.08. The van der Waals surface area contributed by atoms with Crippen LogP contribution in [0.4, 0.5) is 19.0 Å². The van der Waals surface area contributed by atoms with E-state index in [-0.39, 0.29) is 5.82 Å². The maximum atomic E-state index is 13.1. The Morgan fingerprint density at radius 2 is 2.03 bits per heavy atom. The van der Waals surface area contributed by atoms with Crippen LogP contribution in [0.2, 0.25) is 0 Å². The third kappa shape index (κ3) is 4.84. The van der Waals surface area contributed by atoms with E-state index in [1.54, 1.807) is 13.0 Å². The number of nitrogens with one attached hydrogen (secondary N) is 1. The second kappa shape index (κ2) is 8.30. The van der Waals surface area contributed by atoms with Gasteiger partial charge in [-0.05, 0) is 25.1 Å². The number of ether oxygens (including phenoxy) is 1. The van der Waals surface area contributed by atoms with E-state index in [0.717, 1.165) is 18.5 Å². The molecule has 0 aliphatic carbocycles. The Bertz CT molecular complexity index is 1230. The summed E-state index contributed by atoms with van der Waals surface area (Å²) in [5.41, 5.74) is -0.136. The fraction of sp³-hybridized carbons (Fsp3) is 0.421. The number of anilines is 1. The fourth-order valence-corrected chi connectivity index (χ4v) is 4.39. The van der Waals surface area contributed by atoms with Crippen molar-refractivity contribution in [2.45, 2.75) is 25.2 Å². The van der Waals surface area contributed by atoms with Crippen LogP contribution in [-0.4, -0.2) is 65.9 Å². The minimum absolute atomic E-state index is 0.222. The molecule has 4 heterocycles. The van der Waals surface area contributed by atoms with Crippen molar-refractivity contribution < 1.29 is 26.3 Å². The summed E-state index contributed by atoms with van der Waals surface area (Å²) < 4.78 is 72.0. The van der Waals surface area contributed by atoms with E-state index in [4.69, 9.17) is 4.74 Å². The smallest absolute Gasteiger partial charge is 0.373 e. The maximum absolute atomic E-state index is 13.1. The van der Waals surface area contributed by atoms with Crippen LogP contribution in [0.3, 0.4) is 0 Å². The molecule has 0 saturated carbocycles. The average Bonchev–Trinajstić information content (AvgIpc) is 3.15. The maximum Gasteiger partial charge on any atom is 0.417 e. The monoisotopic (exact) mass is 470 g/mol. The van der Waals surface area contributed by atoms with Crippen molar-refractivity contribution in [1.82, 2.24) is 24.1 Å². The molecule has 0 bridgehead atoms. The van der Waals surface area contributed by atoms with Gasteiger partial charge >= 0.3 is 6.18 Å². The SMILES string of the molecule is C[C@H](NS(C)(=O)=O)[C@H]1CN(c2ccnc(-c3cnc4ccc(C(F)(F)F)cn34)n2)CCO1. The van der Waals surface area contributed by atoms with Crippen LogP contribution in [0.15, 0.2) is 36.8 Å². The van der Waals surface area contributed by atoms with Crippen molar-refractivity contribution in [3.05, 3.63) is 42.4 Å². The number of sulfonamides is 1. The topological polar surface area (TPSA) is 102 Å². The highest BCUT2D eigenvalue weighted by Gasteiger charge is 2.31. The van der Waals surface area contributed by atoms with Crippen LogP contribution in [0.1, 0.15) is 12.5 Å². The first kappa shape index (κ1) is 22.4. The zero-order valence-electron chi connectivity index (χ0n) is 17.2. The van der Waals surface area contributed by atoms with Gasteiger partial charge in [-0.25, -0.2) is 28.1 Å². The number of imidazole rings is 1. The Kier molecular flexibility index (Phi) is 5.81. The molecule has 0 aromatic carbocycles. The standard InChI is InChI=1S/C19H21F3N6O3S/c1-12(26-32(2,29)30)15-11-27(7-8-31-15)17-5-6-23-18(25-17)14-9-24-16-4-3-13(10-28(14)16)19(20,21)22/h3-6,9-10,12,15,26H,7-8,11H2,1-2H3/t12-,15+/m0/s1. The molecule has 3 aromatic rings. The Balaban J connectivity index is 1.62. The fourth-order valence-electron chi connectivity index (χ4n) is 3.56. The highest BCUT2D eigenvalue weighted by atomic mass is 32.2. The molecule has 1 aliphatic rings. The minimum atomic E-state index is -4.49. The van der Waals surface area contributed by atoms with Gasteiger partial charge in [0.2, 0.25) is 10.0 Å². The molecule has 13 heteroatoms. The van der Waals surface area contributed by atoms with Crippen molar-refractivity contribution in [1.29, 1.82) is 0 Å². The van der Waals surface area contributed by atoms with Crippen LogP contribution in [-0.2, 0) is 20.9 Å². The van der Waals surface area contributed by atoms with Crippen LogP contribution in [0.5, 0.6) is 0 Å². The molecule has 3 aromatic heterocycles. The highest BCUT2D eigenvalue weighted by Crippen LogP contribution is 2.30. The van der Waals surface area contributed by atoms with E-state index in [2.05, 4.69) is 19.7 Å². The lowest BCUT2D eigenvalue weighted by atomic mass is 10.1. The van der Waals surface area contributed by atoms with Gasteiger partial charge in [0, 0.05) is 31.5 Å². The normalized spacial score (nSPS) is 18.8. The molecule has 0 radical (unpaired) electrons. The lowest BCUT2D eigenvalue weighted by Gasteiger charge is -2.36. The Morgan fingerprint density at radius 1 is 1.25 bits per heavy atom. The molecule has 0 unspecified atom stereocenters. The van der Waals surface area contributed by atoms with Crippen molar-refractivity contribution in [3.8, 4) is 11.5 Å².